The van der Waals surface area contributed by atoms with Crippen molar-refractivity contribution in [3.63, 3.8) is 0 Å². The molecule has 188 valence electrons. The number of rotatable bonds is 8. The fourth-order valence-electron chi connectivity index (χ4n) is 6.28. The lowest BCUT2D eigenvalue weighted by Crippen LogP contribution is -2.49. The van der Waals surface area contributed by atoms with E-state index in [9.17, 15) is 9.59 Å². The lowest BCUT2D eigenvalue weighted by Gasteiger charge is -2.34. The topological polar surface area (TPSA) is 78.7 Å². The van der Waals surface area contributed by atoms with Gasteiger partial charge < -0.3 is 16.0 Å². The Morgan fingerprint density at radius 3 is 2.41 bits per heavy atom. The van der Waals surface area contributed by atoms with E-state index in [-0.39, 0.29) is 36.0 Å². The van der Waals surface area contributed by atoms with Gasteiger partial charge in [0.05, 0.1) is 0 Å². The molecule has 2 aliphatic carbocycles. The third kappa shape index (κ3) is 6.82. The lowest BCUT2D eigenvalue weighted by molar-refractivity contribution is -0.137. The van der Waals surface area contributed by atoms with Crippen molar-refractivity contribution in [2.75, 3.05) is 19.6 Å². The number of carbonyl (C=O) groups excluding carboxylic acids is 2. The fraction of sp³-hybridized carbons (Fsp3) is 0.714. The average Bonchev–Trinajstić information content (AvgIpc) is 3.31. The van der Waals surface area contributed by atoms with Gasteiger partial charge >= 0.3 is 0 Å². The van der Waals surface area contributed by atoms with Crippen molar-refractivity contribution in [2.45, 2.75) is 102 Å². The van der Waals surface area contributed by atoms with E-state index < -0.39 is 0 Å². The molecule has 0 spiro atoms. The molecule has 2 atom stereocenters. The minimum absolute atomic E-state index is 0.00833. The molecule has 1 heterocycles. The van der Waals surface area contributed by atoms with Crippen LogP contribution >= 0.6 is 0 Å². The summed E-state index contributed by atoms with van der Waals surface area (Å²) < 4.78 is 0. The number of amides is 2. The highest BCUT2D eigenvalue weighted by atomic mass is 16.2. The Bertz CT molecular complexity index is 787. The van der Waals surface area contributed by atoms with Gasteiger partial charge in [0.15, 0.2) is 0 Å². The van der Waals surface area contributed by atoms with Gasteiger partial charge in [-0.05, 0) is 62.8 Å². The van der Waals surface area contributed by atoms with Gasteiger partial charge in [-0.1, -0.05) is 49.6 Å². The highest BCUT2D eigenvalue weighted by Crippen LogP contribution is 2.29. The highest BCUT2D eigenvalue weighted by Gasteiger charge is 2.41. The number of hydrogen-bond donors (Lipinski definition) is 2. The monoisotopic (exact) mass is 468 g/mol. The minimum atomic E-state index is -0.358. The van der Waals surface area contributed by atoms with E-state index in [4.69, 9.17) is 5.73 Å². The molecule has 0 bridgehead atoms. The summed E-state index contributed by atoms with van der Waals surface area (Å²) in [6, 6.07) is 11.0. The van der Waals surface area contributed by atoms with Crippen LogP contribution in [0, 0.1) is 5.92 Å². The summed E-state index contributed by atoms with van der Waals surface area (Å²) in [5.41, 5.74) is 7.39. The van der Waals surface area contributed by atoms with Crippen LogP contribution in [0.5, 0.6) is 0 Å². The molecule has 6 nitrogen and oxygen atoms in total. The molecule has 34 heavy (non-hydrogen) atoms. The standard InChI is InChI=1S/C28H44N4O2/c1-21(33)32-20-26(18-27(32)28(34)30-25-14-12-24(29)13-15-25)31(19-23-10-6-3-7-11-23)17-16-22-8-4-2-5-9-22/h2,4-5,8-9,23-27H,3,6-7,10-20,29H2,1H3,(H,30,34). The van der Waals surface area contributed by atoms with Gasteiger partial charge in [-0.25, -0.2) is 0 Å². The van der Waals surface area contributed by atoms with Crippen LogP contribution in [-0.4, -0.2) is 65.4 Å². The second-order valence-corrected chi connectivity index (χ2v) is 10.9. The summed E-state index contributed by atoms with van der Waals surface area (Å²) in [5, 5.41) is 3.26. The highest BCUT2D eigenvalue weighted by molar-refractivity contribution is 5.87. The van der Waals surface area contributed by atoms with Gasteiger partial charge in [-0.2, -0.15) is 0 Å². The minimum Gasteiger partial charge on any atom is -0.352 e. The van der Waals surface area contributed by atoms with E-state index in [1.807, 2.05) is 4.90 Å². The zero-order chi connectivity index (χ0) is 23.9. The third-order valence-electron chi connectivity index (χ3n) is 8.37. The number of benzene rings is 1. The van der Waals surface area contributed by atoms with E-state index in [2.05, 4.69) is 40.5 Å². The van der Waals surface area contributed by atoms with Crippen LogP contribution < -0.4 is 11.1 Å². The second-order valence-electron chi connectivity index (χ2n) is 10.9. The zero-order valence-corrected chi connectivity index (χ0v) is 21.0. The quantitative estimate of drug-likeness (QED) is 0.612. The van der Waals surface area contributed by atoms with Crippen LogP contribution in [0.1, 0.15) is 76.7 Å². The second kappa shape index (κ2) is 12.2. The van der Waals surface area contributed by atoms with Crippen LogP contribution in [0.25, 0.3) is 0 Å². The first-order chi connectivity index (χ1) is 16.5. The molecule has 2 unspecified atom stereocenters. The summed E-state index contributed by atoms with van der Waals surface area (Å²) in [6.45, 7) is 4.33. The van der Waals surface area contributed by atoms with Crippen molar-refractivity contribution in [3.8, 4) is 0 Å². The largest absolute Gasteiger partial charge is 0.352 e. The maximum absolute atomic E-state index is 13.3. The fourth-order valence-corrected chi connectivity index (χ4v) is 6.28. The summed E-state index contributed by atoms with van der Waals surface area (Å²) in [7, 11) is 0. The first-order valence-corrected chi connectivity index (χ1v) is 13.6. The summed E-state index contributed by atoms with van der Waals surface area (Å²) in [6.07, 6.45) is 12.2. The molecule has 3 aliphatic rings. The number of nitrogens with one attached hydrogen (secondary N) is 1. The predicted octanol–water partition coefficient (Wildman–Crippen LogP) is 3.49. The molecule has 1 aromatic rings. The zero-order valence-electron chi connectivity index (χ0n) is 21.0. The van der Waals surface area contributed by atoms with Crippen LogP contribution in [0.4, 0.5) is 0 Å². The van der Waals surface area contributed by atoms with Gasteiger partial charge in [0.2, 0.25) is 11.8 Å². The Labute approximate surface area is 205 Å². The Hall–Kier alpha value is -1.92. The first-order valence-electron chi connectivity index (χ1n) is 13.6. The maximum atomic E-state index is 13.3. The van der Waals surface area contributed by atoms with E-state index in [0.717, 1.165) is 57.5 Å². The van der Waals surface area contributed by atoms with E-state index in [1.54, 1.807) is 6.92 Å². The molecule has 0 aromatic heterocycles. The van der Waals surface area contributed by atoms with Crippen molar-refractivity contribution >= 4 is 11.8 Å². The molecule has 0 radical (unpaired) electrons. The molecule has 2 saturated carbocycles. The molecular weight excluding hydrogens is 424 g/mol. The van der Waals surface area contributed by atoms with Gasteiger partial charge in [0.1, 0.15) is 6.04 Å². The molecular formula is C28H44N4O2. The summed E-state index contributed by atoms with van der Waals surface area (Å²) in [5.74, 6) is 0.766. The van der Waals surface area contributed by atoms with E-state index >= 15 is 0 Å². The molecule has 4 rings (SSSR count). The molecule has 1 saturated heterocycles. The van der Waals surface area contributed by atoms with Crippen molar-refractivity contribution in [2.24, 2.45) is 11.7 Å². The number of likely N-dealkylation sites (tertiary alicyclic amines) is 1. The van der Waals surface area contributed by atoms with Crippen molar-refractivity contribution in [1.29, 1.82) is 0 Å². The summed E-state index contributed by atoms with van der Waals surface area (Å²) >= 11 is 0. The smallest absolute Gasteiger partial charge is 0.243 e. The average molecular weight is 469 g/mol. The molecule has 3 N–H and O–H groups in total. The normalized spacial score (nSPS) is 28.3. The van der Waals surface area contributed by atoms with Gasteiger partial charge in [0, 0.05) is 44.7 Å². The number of hydrogen-bond acceptors (Lipinski definition) is 4. The van der Waals surface area contributed by atoms with Gasteiger partial charge in [0.25, 0.3) is 0 Å². The van der Waals surface area contributed by atoms with Crippen molar-refractivity contribution in [1.82, 2.24) is 15.1 Å². The van der Waals surface area contributed by atoms with Gasteiger partial charge in [-0.15, -0.1) is 0 Å². The van der Waals surface area contributed by atoms with E-state index in [1.165, 1.54) is 37.7 Å². The Morgan fingerprint density at radius 2 is 1.74 bits per heavy atom. The number of nitrogens with two attached hydrogens (primary N) is 1. The number of nitrogens with zero attached hydrogens (tertiary/aromatic N) is 2. The molecule has 3 fully saturated rings. The Balaban J connectivity index is 1.42. The molecule has 1 aromatic carbocycles. The van der Waals surface area contributed by atoms with Crippen molar-refractivity contribution in [3.05, 3.63) is 35.9 Å². The first kappa shape index (κ1) is 25.2. The molecule has 1 aliphatic heterocycles. The summed E-state index contributed by atoms with van der Waals surface area (Å²) in [4.78, 5) is 30.3. The SMILES string of the molecule is CC(=O)N1CC(N(CCc2ccccc2)CC2CCCCC2)CC1C(=O)NC1CCC(N)CC1. The van der Waals surface area contributed by atoms with Crippen molar-refractivity contribution < 1.29 is 9.59 Å². The van der Waals surface area contributed by atoms with Crippen LogP contribution in [-0.2, 0) is 16.0 Å². The van der Waals surface area contributed by atoms with Crippen LogP contribution in [0.3, 0.4) is 0 Å². The molecule has 6 heteroatoms. The predicted molar refractivity (Wildman–Crippen MR) is 136 cm³/mol. The Kier molecular flexibility index (Phi) is 9.01. The maximum Gasteiger partial charge on any atom is 0.243 e. The number of carbonyl (C=O) groups is 2. The van der Waals surface area contributed by atoms with Crippen LogP contribution in [0.15, 0.2) is 30.3 Å². The van der Waals surface area contributed by atoms with E-state index in [0.29, 0.717) is 6.54 Å². The Morgan fingerprint density at radius 1 is 1.03 bits per heavy atom. The third-order valence-corrected chi connectivity index (χ3v) is 8.37. The van der Waals surface area contributed by atoms with Crippen LogP contribution in [0.2, 0.25) is 0 Å². The lowest BCUT2D eigenvalue weighted by atomic mass is 9.88. The molecule has 2 amide bonds. The van der Waals surface area contributed by atoms with Gasteiger partial charge in [-0.3, -0.25) is 14.5 Å².